The van der Waals surface area contributed by atoms with Gasteiger partial charge in [-0.2, -0.15) is 5.01 Å². The minimum Gasteiger partial charge on any atom is -0.292 e. The van der Waals surface area contributed by atoms with Gasteiger partial charge in [-0.25, -0.2) is 5.01 Å². The van der Waals surface area contributed by atoms with Gasteiger partial charge in [0.05, 0.1) is 21.9 Å². The number of allylic oxidation sites excluding steroid dienone is 2. The van der Waals surface area contributed by atoms with Crippen molar-refractivity contribution >= 4 is 46.7 Å². The average molecular weight is 483 g/mol. The first-order valence-corrected chi connectivity index (χ1v) is 11.5. The highest BCUT2D eigenvalue weighted by molar-refractivity contribution is 6.42. The lowest BCUT2D eigenvalue weighted by molar-refractivity contribution is -0.157. The van der Waals surface area contributed by atoms with E-state index in [1.54, 1.807) is 30.3 Å². The third kappa shape index (κ3) is 3.40. The average Bonchev–Trinajstić information content (AvgIpc) is 3.51. The van der Waals surface area contributed by atoms with Gasteiger partial charge in [-0.3, -0.25) is 19.2 Å². The van der Waals surface area contributed by atoms with Crippen LogP contribution < -0.4 is 0 Å². The first-order valence-electron chi connectivity index (χ1n) is 10.7. The molecule has 0 unspecified atom stereocenters. The second kappa shape index (κ2) is 8.12. The first-order chi connectivity index (χ1) is 15.8. The molecule has 3 aliphatic rings. The molecular weight excluding hydrogens is 463 g/mol. The smallest absolute Gasteiger partial charge is 0.273 e. The molecule has 1 heterocycles. The van der Waals surface area contributed by atoms with Gasteiger partial charge < -0.3 is 0 Å². The Balaban J connectivity index is 1.56. The zero-order valence-electron chi connectivity index (χ0n) is 17.7. The van der Waals surface area contributed by atoms with Crippen LogP contribution in [0.3, 0.4) is 0 Å². The summed E-state index contributed by atoms with van der Waals surface area (Å²) in [5.41, 5.74) is 0.494. The first kappa shape index (κ1) is 21.9. The zero-order valence-corrected chi connectivity index (χ0v) is 19.2. The van der Waals surface area contributed by atoms with Gasteiger partial charge >= 0.3 is 0 Å². The Bertz CT molecular complexity index is 1180. The summed E-state index contributed by atoms with van der Waals surface area (Å²) >= 11 is 12.1. The molecule has 1 saturated carbocycles. The molecular formula is C25H20Cl2N2O4. The second-order valence-electron chi connectivity index (χ2n) is 8.67. The highest BCUT2D eigenvalue weighted by Crippen LogP contribution is 2.53. The fourth-order valence-corrected chi connectivity index (χ4v) is 5.55. The van der Waals surface area contributed by atoms with E-state index < -0.39 is 35.6 Å². The summed E-state index contributed by atoms with van der Waals surface area (Å²) in [6.45, 7) is 1.52. The molecule has 0 aromatic heterocycles. The van der Waals surface area contributed by atoms with E-state index in [4.69, 9.17) is 23.2 Å². The molecule has 1 saturated heterocycles. The number of hydrogen-bond donors (Lipinski definition) is 0. The Morgan fingerprint density at radius 1 is 0.909 bits per heavy atom. The van der Waals surface area contributed by atoms with Crippen molar-refractivity contribution in [2.75, 3.05) is 0 Å². The van der Waals surface area contributed by atoms with Crippen molar-refractivity contribution in [2.45, 2.75) is 19.4 Å². The number of carbonyl (C=O) groups is 4. The number of ketones is 1. The van der Waals surface area contributed by atoms with Crippen LogP contribution in [0, 0.1) is 23.7 Å². The molecule has 0 N–H and O–H groups in total. The maximum atomic E-state index is 13.7. The monoisotopic (exact) mass is 482 g/mol. The predicted octanol–water partition coefficient (Wildman–Crippen LogP) is 4.43. The predicted molar refractivity (Wildman–Crippen MR) is 122 cm³/mol. The van der Waals surface area contributed by atoms with Gasteiger partial charge in [0.1, 0.15) is 6.04 Å². The van der Waals surface area contributed by atoms with Crippen molar-refractivity contribution in [3.63, 3.8) is 0 Å². The quantitative estimate of drug-likeness (QED) is 0.358. The summed E-state index contributed by atoms with van der Waals surface area (Å²) in [4.78, 5) is 53.9. The van der Waals surface area contributed by atoms with Crippen LogP contribution in [0.2, 0.25) is 10.0 Å². The van der Waals surface area contributed by atoms with E-state index in [9.17, 15) is 19.2 Å². The molecule has 2 aromatic rings. The molecule has 3 amide bonds. The van der Waals surface area contributed by atoms with Crippen LogP contribution in [0.25, 0.3) is 0 Å². The number of nitrogens with zero attached hydrogens (tertiary/aromatic N) is 2. The number of rotatable bonds is 5. The molecule has 33 heavy (non-hydrogen) atoms. The summed E-state index contributed by atoms with van der Waals surface area (Å²) in [6.07, 6.45) is 4.72. The standard InChI is InChI=1S/C25H20Cl2N2O4/c1-13(22(30)14-5-3-2-4-6-14)28(23(31)17-9-10-18(26)19(27)12-17)29-24(32)20-15-7-8-16(11-15)21(20)25(29)33/h2-10,12-13,15-16,20-21H,11H2,1H3/t13-,15+,16+,20+,21+/m1/s1. The Kier molecular flexibility index (Phi) is 5.38. The number of fused-ring (bicyclic) bond motifs is 5. The van der Waals surface area contributed by atoms with Crippen molar-refractivity contribution in [3.05, 3.63) is 81.9 Å². The topological polar surface area (TPSA) is 74.8 Å². The molecule has 2 fully saturated rings. The minimum atomic E-state index is -1.10. The van der Waals surface area contributed by atoms with Gasteiger partial charge in [0.25, 0.3) is 17.7 Å². The molecule has 8 heteroatoms. The molecule has 0 spiro atoms. The van der Waals surface area contributed by atoms with E-state index in [-0.39, 0.29) is 33.2 Å². The zero-order chi connectivity index (χ0) is 23.4. The summed E-state index contributed by atoms with van der Waals surface area (Å²) in [7, 11) is 0. The number of hydrazine groups is 1. The van der Waals surface area contributed by atoms with Crippen molar-refractivity contribution in [1.29, 1.82) is 0 Å². The lowest BCUT2D eigenvalue weighted by Crippen LogP contribution is -2.56. The van der Waals surface area contributed by atoms with Crippen molar-refractivity contribution in [2.24, 2.45) is 23.7 Å². The van der Waals surface area contributed by atoms with Crippen molar-refractivity contribution in [1.82, 2.24) is 10.0 Å². The van der Waals surface area contributed by atoms with Gasteiger partial charge in [0.15, 0.2) is 5.78 Å². The Morgan fingerprint density at radius 2 is 1.52 bits per heavy atom. The highest BCUT2D eigenvalue weighted by atomic mass is 35.5. The van der Waals surface area contributed by atoms with E-state index in [2.05, 4.69) is 0 Å². The van der Waals surface area contributed by atoms with Gasteiger partial charge in [-0.05, 0) is 43.4 Å². The fraction of sp³-hybridized carbons (Fsp3) is 0.280. The second-order valence-corrected chi connectivity index (χ2v) is 9.49. The number of benzene rings is 2. The van der Waals surface area contributed by atoms with E-state index in [0.717, 1.165) is 16.4 Å². The fourth-order valence-electron chi connectivity index (χ4n) is 5.25. The van der Waals surface area contributed by atoms with E-state index in [0.29, 0.717) is 5.56 Å². The van der Waals surface area contributed by atoms with Crippen LogP contribution in [0.15, 0.2) is 60.7 Å². The molecule has 5 rings (SSSR count). The van der Waals surface area contributed by atoms with E-state index in [1.165, 1.54) is 25.1 Å². The summed E-state index contributed by atoms with van der Waals surface area (Å²) in [5, 5.41) is 2.32. The number of imide groups is 1. The minimum absolute atomic E-state index is 0.0245. The molecule has 2 aliphatic carbocycles. The maximum absolute atomic E-state index is 13.7. The normalized spacial score (nSPS) is 26.0. The molecule has 2 bridgehead atoms. The number of amides is 3. The lowest BCUT2D eigenvalue weighted by Gasteiger charge is -2.35. The van der Waals surface area contributed by atoms with Gasteiger partial charge in [-0.15, -0.1) is 0 Å². The molecule has 168 valence electrons. The van der Waals surface area contributed by atoms with Crippen molar-refractivity contribution < 1.29 is 19.2 Å². The summed E-state index contributed by atoms with van der Waals surface area (Å²) in [5.74, 6) is -3.00. The summed E-state index contributed by atoms with van der Waals surface area (Å²) < 4.78 is 0. The van der Waals surface area contributed by atoms with E-state index in [1.807, 2.05) is 12.2 Å². The Labute approximate surface area is 200 Å². The third-order valence-corrected chi connectivity index (χ3v) is 7.58. The Morgan fingerprint density at radius 3 is 2.09 bits per heavy atom. The van der Waals surface area contributed by atoms with Gasteiger partial charge in [0.2, 0.25) is 0 Å². The van der Waals surface area contributed by atoms with Crippen LogP contribution >= 0.6 is 23.2 Å². The number of carbonyl (C=O) groups excluding carboxylic acids is 4. The lowest BCUT2D eigenvalue weighted by atomic mass is 9.85. The number of halogens is 2. The largest absolute Gasteiger partial charge is 0.292 e. The van der Waals surface area contributed by atoms with Crippen LogP contribution in [0.1, 0.15) is 34.1 Å². The highest BCUT2D eigenvalue weighted by Gasteiger charge is 2.61. The van der Waals surface area contributed by atoms with Crippen LogP contribution in [-0.4, -0.2) is 39.6 Å². The van der Waals surface area contributed by atoms with Crippen LogP contribution in [0.4, 0.5) is 0 Å². The molecule has 6 nitrogen and oxygen atoms in total. The summed E-state index contributed by atoms with van der Waals surface area (Å²) in [6, 6.07) is 11.7. The van der Waals surface area contributed by atoms with Crippen molar-refractivity contribution in [3.8, 4) is 0 Å². The third-order valence-electron chi connectivity index (χ3n) is 6.84. The number of hydrogen-bond acceptors (Lipinski definition) is 4. The number of Topliss-reactive ketones (excluding diaryl/α,β-unsaturated/α-hetero) is 1. The van der Waals surface area contributed by atoms with Crippen LogP contribution in [-0.2, 0) is 9.59 Å². The maximum Gasteiger partial charge on any atom is 0.273 e. The molecule has 1 aliphatic heterocycles. The van der Waals surface area contributed by atoms with Crippen LogP contribution in [0.5, 0.6) is 0 Å². The SMILES string of the molecule is C[C@H](C(=O)c1ccccc1)N(C(=O)c1ccc(Cl)c(Cl)c1)N1C(=O)[C@@H]2[C@@H](C1=O)[C@H]1C=C[C@H]2C1. The van der Waals surface area contributed by atoms with E-state index >= 15 is 0 Å². The molecule has 2 aromatic carbocycles. The molecule has 5 atom stereocenters. The van der Waals surface area contributed by atoms with Gasteiger partial charge in [0, 0.05) is 11.1 Å². The Hall–Kier alpha value is -2.96. The molecule has 0 radical (unpaired) electrons. The van der Waals surface area contributed by atoms with Gasteiger partial charge in [-0.1, -0.05) is 65.7 Å².